The van der Waals surface area contributed by atoms with Gasteiger partial charge in [-0.25, -0.2) is 31.9 Å². The molecule has 272 valence electrons. The van der Waals surface area contributed by atoms with Gasteiger partial charge in [0, 0.05) is 53.8 Å². The molecule has 2 aliphatic heterocycles. The molecule has 12 nitrogen and oxygen atoms in total. The minimum Gasteiger partial charge on any atom is -0.497 e. The topological polar surface area (TPSA) is 143 Å². The summed E-state index contributed by atoms with van der Waals surface area (Å²) in [7, 11) is -1.72. The number of halogens is 4. The maximum Gasteiger partial charge on any atom is 0.410 e. The average Bonchev–Trinajstić information content (AvgIpc) is 3.64. The summed E-state index contributed by atoms with van der Waals surface area (Å²) in [4.78, 5) is 20.8. The Morgan fingerprint density at radius 1 is 1.14 bits per heavy atom. The molecule has 0 bridgehead atoms. The number of rotatable bonds is 10. The third-order valence-electron chi connectivity index (χ3n) is 8.94. The number of hydrogen-bond acceptors (Lipinski definition) is 10. The van der Waals surface area contributed by atoms with Gasteiger partial charge in [0.2, 0.25) is 0 Å². The van der Waals surface area contributed by atoms with Gasteiger partial charge in [0.1, 0.15) is 33.8 Å². The molecule has 2 aliphatic rings. The first-order valence-corrected chi connectivity index (χ1v) is 18.0. The number of fused-ring (bicyclic) bond motifs is 1. The molecule has 0 spiro atoms. The van der Waals surface area contributed by atoms with Crippen LogP contribution in [0.3, 0.4) is 0 Å². The van der Waals surface area contributed by atoms with Gasteiger partial charge in [-0.15, -0.1) is 11.3 Å². The van der Waals surface area contributed by atoms with Gasteiger partial charge in [0.25, 0.3) is 10.0 Å². The van der Waals surface area contributed by atoms with Crippen molar-refractivity contribution in [2.45, 2.75) is 49.0 Å². The van der Waals surface area contributed by atoms with E-state index >= 15 is 4.39 Å². The van der Waals surface area contributed by atoms with Gasteiger partial charge in [0.15, 0.2) is 5.13 Å². The fraction of sp³-hybridized carbons (Fsp3) is 0.364. The molecular formula is C33H33F4N5O7S2. The number of likely N-dealkylation sites (tertiary alicyclic amines) is 1. The number of amides is 1. The molecule has 1 unspecified atom stereocenters. The lowest BCUT2D eigenvalue weighted by atomic mass is 9.85. The number of hydrogen-bond donors (Lipinski definition) is 2. The molecule has 0 aliphatic carbocycles. The number of benzene rings is 2. The highest BCUT2D eigenvalue weighted by Crippen LogP contribution is 2.48. The Kier molecular flexibility index (Phi) is 10.3. The number of alkyl halides is 3. The predicted molar refractivity (Wildman–Crippen MR) is 178 cm³/mol. The van der Waals surface area contributed by atoms with Crippen LogP contribution in [0.1, 0.15) is 48.2 Å². The summed E-state index contributed by atoms with van der Waals surface area (Å²) in [5, 5.41) is 13.0. The van der Waals surface area contributed by atoms with E-state index in [4.69, 9.17) is 14.2 Å². The van der Waals surface area contributed by atoms with E-state index in [0.717, 1.165) is 27.8 Å². The van der Waals surface area contributed by atoms with Crippen molar-refractivity contribution < 1.29 is 50.1 Å². The van der Waals surface area contributed by atoms with Crippen molar-refractivity contribution in [3.8, 4) is 17.2 Å². The van der Waals surface area contributed by atoms with Crippen molar-refractivity contribution in [2.75, 3.05) is 37.0 Å². The Labute approximate surface area is 294 Å². The molecule has 0 radical (unpaired) electrons. The maximum absolute atomic E-state index is 16.2. The summed E-state index contributed by atoms with van der Waals surface area (Å²) >= 11 is 1.04. The number of nitrogens with one attached hydrogen (secondary N) is 1. The summed E-state index contributed by atoms with van der Waals surface area (Å²) in [6.07, 6.45) is -4.78. The second-order valence-corrected chi connectivity index (χ2v) is 14.6. The van der Waals surface area contributed by atoms with Gasteiger partial charge in [-0.2, -0.15) is 13.2 Å². The van der Waals surface area contributed by atoms with Crippen LogP contribution in [0.25, 0.3) is 0 Å². The van der Waals surface area contributed by atoms with E-state index in [9.17, 15) is 31.5 Å². The van der Waals surface area contributed by atoms with Gasteiger partial charge in [-0.1, -0.05) is 6.07 Å². The molecule has 3 atom stereocenters. The van der Waals surface area contributed by atoms with Crippen LogP contribution in [0.4, 0.5) is 33.3 Å². The molecule has 51 heavy (non-hydrogen) atoms. The molecule has 2 aromatic carbocycles. The minimum absolute atomic E-state index is 0.0413. The van der Waals surface area contributed by atoms with Crippen molar-refractivity contribution in [1.82, 2.24) is 14.9 Å². The quantitative estimate of drug-likeness (QED) is 0.162. The number of pyridine rings is 1. The normalized spacial score (nSPS) is 19.5. The van der Waals surface area contributed by atoms with E-state index in [1.54, 1.807) is 28.5 Å². The summed E-state index contributed by atoms with van der Waals surface area (Å²) in [6, 6.07) is 9.81. The minimum atomic E-state index is -4.63. The molecule has 2 aromatic heterocycles. The Morgan fingerprint density at radius 2 is 1.94 bits per heavy atom. The third-order valence-corrected chi connectivity index (χ3v) is 11.6. The fourth-order valence-corrected chi connectivity index (χ4v) is 8.86. The van der Waals surface area contributed by atoms with Crippen LogP contribution in [0.2, 0.25) is 0 Å². The zero-order valence-corrected chi connectivity index (χ0v) is 28.9. The first-order valence-electron chi connectivity index (χ1n) is 15.7. The molecule has 1 fully saturated rings. The van der Waals surface area contributed by atoms with Crippen molar-refractivity contribution in [3.63, 3.8) is 0 Å². The first-order chi connectivity index (χ1) is 24.3. The number of thiazole rings is 1. The molecule has 0 saturated carbocycles. The van der Waals surface area contributed by atoms with Crippen LogP contribution in [-0.4, -0.2) is 68.0 Å². The lowest BCUT2D eigenvalue weighted by Crippen LogP contribution is -2.44. The fourth-order valence-electron chi connectivity index (χ4n) is 6.52. The highest BCUT2D eigenvalue weighted by Gasteiger charge is 2.47. The number of anilines is 2. The second kappa shape index (κ2) is 14.5. The molecular weight excluding hydrogens is 719 g/mol. The SMILES string of the molecule is COc1ccc(CN(c2nccs2)S(=O)(=O)c2cc3c(cc2F)C(N2CC[C@@H](C(F)(F)F)C[C@H]2c2cccc(NC(=O)O)n2)CCO3)c(OC)c1. The largest absolute Gasteiger partial charge is 0.497 e. The second-order valence-electron chi connectivity index (χ2n) is 11.9. The molecule has 1 amide bonds. The van der Waals surface area contributed by atoms with Crippen molar-refractivity contribution in [2.24, 2.45) is 5.92 Å². The number of piperidine rings is 1. The molecule has 4 heterocycles. The maximum atomic E-state index is 16.2. The van der Waals surface area contributed by atoms with E-state index in [-0.39, 0.29) is 66.9 Å². The van der Waals surface area contributed by atoms with E-state index in [0.29, 0.717) is 17.1 Å². The van der Waals surface area contributed by atoms with Crippen LogP contribution in [0, 0.1) is 11.7 Å². The van der Waals surface area contributed by atoms with Crippen molar-refractivity contribution in [3.05, 3.63) is 82.7 Å². The monoisotopic (exact) mass is 751 g/mol. The number of aromatic nitrogens is 2. The number of methoxy groups -OCH3 is 2. The number of carbonyl (C=O) groups is 1. The van der Waals surface area contributed by atoms with E-state index in [2.05, 4.69) is 15.3 Å². The first kappa shape index (κ1) is 36.1. The number of carboxylic acid groups (broad SMARTS) is 1. The zero-order chi connectivity index (χ0) is 36.5. The van der Waals surface area contributed by atoms with Gasteiger partial charge in [0.05, 0.1) is 45.0 Å². The van der Waals surface area contributed by atoms with Crippen molar-refractivity contribution in [1.29, 1.82) is 0 Å². The number of nitrogens with zero attached hydrogens (tertiary/aromatic N) is 4. The molecule has 4 aromatic rings. The van der Waals surface area contributed by atoms with Crippen LogP contribution < -0.4 is 23.8 Å². The van der Waals surface area contributed by atoms with Gasteiger partial charge >= 0.3 is 12.3 Å². The van der Waals surface area contributed by atoms with E-state index in [1.807, 2.05) is 0 Å². The Balaban J connectivity index is 1.37. The zero-order valence-electron chi connectivity index (χ0n) is 27.3. The predicted octanol–water partition coefficient (Wildman–Crippen LogP) is 7.02. The lowest BCUT2D eigenvalue weighted by Gasteiger charge is -2.45. The Bertz CT molecular complexity index is 2000. The molecule has 1 saturated heterocycles. The smallest absolute Gasteiger partial charge is 0.410 e. The average molecular weight is 752 g/mol. The number of sulfonamides is 1. The van der Waals surface area contributed by atoms with Gasteiger partial charge < -0.3 is 19.3 Å². The number of ether oxygens (including phenoxy) is 3. The summed E-state index contributed by atoms with van der Waals surface area (Å²) < 4.78 is 104. The van der Waals surface area contributed by atoms with Crippen LogP contribution in [0.15, 0.2) is 65.0 Å². The molecule has 6 rings (SSSR count). The summed E-state index contributed by atoms with van der Waals surface area (Å²) in [6.45, 7) is -0.232. The molecule has 18 heteroatoms. The Hall–Kier alpha value is -4.68. The summed E-state index contributed by atoms with van der Waals surface area (Å²) in [5.41, 5.74) is 0.929. The van der Waals surface area contributed by atoms with Gasteiger partial charge in [-0.05, 0) is 43.2 Å². The van der Waals surface area contributed by atoms with Crippen LogP contribution in [-0.2, 0) is 16.6 Å². The standard InChI is InChI=1S/C33H33F4N5O7S2/c1-47-21-7-6-19(27(15-21)48-2)18-42(31-38-10-13-50-31)51(45,46)29-17-28-22(16-23(29)34)25(9-12-49-28)41-11-8-20(33(35,36)37)14-26(41)24-4-3-5-30(39-24)40-32(43)44/h3-7,10,13,15-17,20,25-26H,8-9,11-12,14,18H2,1-2H3,(H,39,40)(H,43,44)/t20-,25?,26+/m1/s1. The van der Waals surface area contributed by atoms with E-state index < -0.39 is 51.0 Å². The summed E-state index contributed by atoms with van der Waals surface area (Å²) in [5.74, 6) is -1.90. The third kappa shape index (κ3) is 7.52. The highest BCUT2D eigenvalue weighted by molar-refractivity contribution is 7.93. The lowest BCUT2D eigenvalue weighted by molar-refractivity contribution is -0.192. The molecule has 2 N–H and O–H groups in total. The van der Waals surface area contributed by atoms with Crippen LogP contribution >= 0.6 is 11.3 Å². The van der Waals surface area contributed by atoms with Gasteiger partial charge in [-0.3, -0.25) is 10.2 Å². The Morgan fingerprint density at radius 3 is 2.63 bits per heavy atom. The van der Waals surface area contributed by atoms with E-state index in [1.165, 1.54) is 38.6 Å². The van der Waals surface area contributed by atoms with Crippen molar-refractivity contribution >= 4 is 38.4 Å². The van der Waals surface area contributed by atoms with Crippen LogP contribution in [0.5, 0.6) is 17.2 Å². The highest BCUT2D eigenvalue weighted by atomic mass is 32.2.